The topological polar surface area (TPSA) is 50.3 Å². The number of nitrogens with zero attached hydrogens (tertiary/aromatic N) is 3. The number of ether oxygens (including phenoxy) is 1. The minimum absolute atomic E-state index is 0.155. The van der Waals surface area contributed by atoms with Crippen molar-refractivity contribution in [3.8, 4) is 0 Å². The van der Waals surface area contributed by atoms with E-state index in [0.717, 1.165) is 43.5 Å². The van der Waals surface area contributed by atoms with E-state index in [4.69, 9.17) is 4.74 Å². The highest BCUT2D eigenvalue weighted by molar-refractivity contribution is 5.49. The third kappa shape index (κ3) is 3.49. The van der Waals surface area contributed by atoms with Gasteiger partial charge >= 0.3 is 0 Å². The van der Waals surface area contributed by atoms with Gasteiger partial charge in [-0.2, -0.15) is 0 Å². The molecular formula is C16H20N4O. The van der Waals surface area contributed by atoms with Crippen molar-refractivity contribution < 1.29 is 4.74 Å². The van der Waals surface area contributed by atoms with Crippen LogP contribution in [0, 0.1) is 0 Å². The Labute approximate surface area is 125 Å². The van der Waals surface area contributed by atoms with Gasteiger partial charge in [0.25, 0.3) is 0 Å². The molecule has 1 atom stereocenters. The average molecular weight is 284 g/mol. The van der Waals surface area contributed by atoms with E-state index in [1.54, 1.807) is 0 Å². The van der Waals surface area contributed by atoms with Gasteiger partial charge in [0.2, 0.25) is 0 Å². The van der Waals surface area contributed by atoms with Gasteiger partial charge < -0.3 is 15.0 Å². The van der Waals surface area contributed by atoms with Crippen LogP contribution in [-0.2, 0) is 4.74 Å². The van der Waals surface area contributed by atoms with E-state index in [-0.39, 0.29) is 6.04 Å². The highest BCUT2D eigenvalue weighted by Crippen LogP contribution is 2.19. The van der Waals surface area contributed by atoms with Crippen LogP contribution in [0.15, 0.2) is 42.7 Å². The van der Waals surface area contributed by atoms with E-state index in [1.165, 1.54) is 0 Å². The number of hydrogen-bond donors (Lipinski definition) is 1. The van der Waals surface area contributed by atoms with Gasteiger partial charge in [0.05, 0.1) is 36.8 Å². The summed E-state index contributed by atoms with van der Waals surface area (Å²) in [5.41, 5.74) is 2.03. The van der Waals surface area contributed by atoms with Crippen LogP contribution in [0.3, 0.4) is 0 Å². The smallest absolute Gasteiger partial charge is 0.128 e. The molecule has 2 aromatic rings. The molecule has 3 heterocycles. The van der Waals surface area contributed by atoms with Crippen LogP contribution in [0.2, 0.25) is 0 Å². The van der Waals surface area contributed by atoms with E-state index in [1.807, 2.05) is 30.6 Å². The summed E-state index contributed by atoms with van der Waals surface area (Å²) in [6.45, 7) is 5.46. The quantitative estimate of drug-likeness (QED) is 0.934. The molecule has 5 nitrogen and oxygen atoms in total. The summed E-state index contributed by atoms with van der Waals surface area (Å²) in [4.78, 5) is 11.1. The Hall–Kier alpha value is -2.14. The Kier molecular flexibility index (Phi) is 4.31. The standard InChI is InChI=1S/C16H20N4O/c1-13(15-4-2-3-7-17-15)19-14-5-6-16(18-12-14)20-8-10-21-11-9-20/h2-7,12-13,19H,8-11H2,1H3. The maximum absolute atomic E-state index is 5.36. The van der Waals surface area contributed by atoms with Gasteiger partial charge in [-0.25, -0.2) is 4.98 Å². The molecule has 0 spiro atoms. The highest BCUT2D eigenvalue weighted by atomic mass is 16.5. The van der Waals surface area contributed by atoms with Gasteiger partial charge in [-0.05, 0) is 31.2 Å². The predicted molar refractivity (Wildman–Crippen MR) is 83.5 cm³/mol. The third-order valence-electron chi connectivity index (χ3n) is 3.60. The number of aromatic nitrogens is 2. The van der Waals surface area contributed by atoms with E-state index in [0.29, 0.717) is 0 Å². The molecule has 0 amide bonds. The van der Waals surface area contributed by atoms with Crippen LogP contribution in [0.4, 0.5) is 11.5 Å². The maximum Gasteiger partial charge on any atom is 0.128 e. The van der Waals surface area contributed by atoms with E-state index in [9.17, 15) is 0 Å². The van der Waals surface area contributed by atoms with Gasteiger partial charge in [-0.3, -0.25) is 4.98 Å². The summed E-state index contributed by atoms with van der Waals surface area (Å²) in [5, 5.41) is 3.42. The first-order valence-electron chi connectivity index (χ1n) is 7.29. The van der Waals surface area contributed by atoms with Crippen LogP contribution in [0.25, 0.3) is 0 Å². The molecule has 0 aliphatic carbocycles. The Bertz CT molecular complexity index is 552. The molecule has 2 aromatic heterocycles. The normalized spacial score (nSPS) is 16.5. The van der Waals surface area contributed by atoms with Gasteiger partial charge in [-0.15, -0.1) is 0 Å². The second-order valence-electron chi connectivity index (χ2n) is 5.13. The number of nitrogens with one attached hydrogen (secondary N) is 1. The van der Waals surface area contributed by atoms with Crippen molar-refractivity contribution in [1.29, 1.82) is 0 Å². The largest absolute Gasteiger partial charge is 0.378 e. The number of rotatable bonds is 4. The lowest BCUT2D eigenvalue weighted by Crippen LogP contribution is -2.36. The first-order valence-corrected chi connectivity index (χ1v) is 7.29. The van der Waals surface area contributed by atoms with Crippen molar-refractivity contribution >= 4 is 11.5 Å². The summed E-state index contributed by atoms with van der Waals surface area (Å²) in [6.07, 6.45) is 3.69. The molecule has 0 bridgehead atoms. The minimum Gasteiger partial charge on any atom is -0.378 e. The van der Waals surface area contributed by atoms with Crippen molar-refractivity contribution in [3.05, 3.63) is 48.4 Å². The zero-order valence-electron chi connectivity index (χ0n) is 12.2. The number of morpholine rings is 1. The SMILES string of the molecule is CC(Nc1ccc(N2CCOCC2)nc1)c1ccccn1. The summed E-state index contributed by atoms with van der Waals surface area (Å²) in [7, 11) is 0. The zero-order valence-corrected chi connectivity index (χ0v) is 12.2. The first kappa shape index (κ1) is 13.8. The fourth-order valence-electron chi connectivity index (χ4n) is 2.41. The molecule has 3 rings (SSSR count). The zero-order chi connectivity index (χ0) is 14.5. The van der Waals surface area contributed by atoms with Crippen LogP contribution < -0.4 is 10.2 Å². The molecule has 1 fully saturated rings. The fraction of sp³-hybridized carbons (Fsp3) is 0.375. The Balaban J connectivity index is 1.64. The number of hydrogen-bond acceptors (Lipinski definition) is 5. The second kappa shape index (κ2) is 6.54. The monoisotopic (exact) mass is 284 g/mol. The average Bonchev–Trinajstić information content (AvgIpc) is 2.57. The number of anilines is 2. The lowest BCUT2D eigenvalue weighted by Gasteiger charge is -2.27. The van der Waals surface area contributed by atoms with Gasteiger partial charge in [0, 0.05) is 19.3 Å². The van der Waals surface area contributed by atoms with Crippen LogP contribution in [0.1, 0.15) is 18.7 Å². The highest BCUT2D eigenvalue weighted by Gasteiger charge is 2.12. The molecule has 1 aliphatic rings. The Morgan fingerprint density at radius 2 is 2.00 bits per heavy atom. The molecule has 110 valence electrons. The summed E-state index contributed by atoms with van der Waals surface area (Å²) >= 11 is 0. The van der Waals surface area contributed by atoms with Crippen molar-refractivity contribution in [2.24, 2.45) is 0 Å². The van der Waals surface area contributed by atoms with E-state index < -0.39 is 0 Å². The van der Waals surface area contributed by atoms with Crippen LogP contribution in [0.5, 0.6) is 0 Å². The lowest BCUT2D eigenvalue weighted by atomic mass is 10.2. The summed E-state index contributed by atoms with van der Waals surface area (Å²) < 4.78 is 5.36. The molecule has 1 aliphatic heterocycles. The van der Waals surface area contributed by atoms with Crippen molar-refractivity contribution in [2.45, 2.75) is 13.0 Å². The molecule has 0 saturated carbocycles. The summed E-state index contributed by atoms with van der Waals surface area (Å²) in [6, 6.07) is 10.2. The van der Waals surface area contributed by atoms with Crippen molar-refractivity contribution in [3.63, 3.8) is 0 Å². The van der Waals surface area contributed by atoms with Gasteiger partial charge in [0.15, 0.2) is 0 Å². The minimum atomic E-state index is 0.155. The first-order chi connectivity index (χ1) is 10.3. The molecule has 1 N–H and O–H groups in total. The predicted octanol–water partition coefficient (Wildman–Crippen LogP) is 2.49. The molecule has 0 radical (unpaired) electrons. The molecule has 0 aromatic carbocycles. The molecule has 1 saturated heterocycles. The van der Waals surface area contributed by atoms with Gasteiger partial charge in [0.1, 0.15) is 5.82 Å². The van der Waals surface area contributed by atoms with Crippen LogP contribution >= 0.6 is 0 Å². The Morgan fingerprint density at radius 1 is 1.14 bits per heavy atom. The molecule has 1 unspecified atom stereocenters. The fourth-order valence-corrected chi connectivity index (χ4v) is 2.41. The second-order valence-corrected chi connectivity index (χ2v) is 5.13. The van der Waals surface area contributed by atoms with E-state index >= 15 is 0 Å². The van der Waals surface area contributed by atoms with Crippen molar-refractivity contribution in [1.82, 2.24) is 9.97 Å². The third-order valence-corrected chi connectivity index (χ3v) is 3.60. The lowest BCUT2D eigenvalue weighted by molar-refractivity contribution is 0.122. The van der Waals surface area contributed by atoms with Crippen LogP contribution in [-0.4, -0.2) is 36.3 Å². The Morgan fingerprint density at radius 3 is 2.67 bits per heavy atom. The molecule has 21 heavy (non-hydrogen) atoms. The maximum atomic E-state index is 5.36. The molecular weight excluding hydrogens is 264 g/mol. The summed E-state index contributed by atoms with van der Waals surface area (Å²) in [5.74, 6) is 1.01. The van der Waals surface area contributed by atoms with Crippen molar-refractivity contribution in [2.75, 3.05) is 36.5 Å². The van der Waals surface area contributed by atoms with Gasteiger partial charge in [-0.1, -0.05) is 6.07 Å². The number of pyridine rings is 2. The molecule has 5 heteroatoms. The van der Waals surface area contributed by atoms with E-state index in [2.05, 4.69) is 39.2 Å².